The van der Waals surface area contributed by atoms with Crippen LogP contribution in [-0.2, 0) is 6.42 Å². The maximum atomic E-state index is 4.07. The molecule has 2 aliphatic heterocycles. The van der Waals surface area contributed by atoms with Crippen molar-refractivity contribution < 1.29 is 0 Å². The van der Waals surface area contributed by atoms with E-state index >= 15 is 0 Å². The topological polar surface area (TPSA) is 35.2 Å². The molecule has 0 bridgehead atoms. The molecule has 0 aliphatic carbocycles. The Morgan fingerprint density at radius 1 is 1.25 bits per heavy atom. The van der Waals surface area contributed by atoms with E-state index < -0.39 is 0 Å². The minimum atomic E-state index is 0.813. The van der Waals surface area contributed by atoms with Crippen LogP contribution in [0.1, 0.15) is 38.3 Å². The molecule has 1 aromatic rings. The van der Waals surface area contributed by atoms with Crippen molar-refractivity contribution in [3.63, 3.8) is 0 Å². The number of hydrogen-bond donors (Lipinski definition) is 1. The molecule has 1 aromatic heterocycles. The summed E-state index contributed by atoms with van der Waals surface area (Å²) in [5, 5.41) is 7.19. The quantitative estimate of drug-likeness (QED) is 0.915. The van der Waals surface area contributed by atoms with Gasteiger partial charge in [0, 0.05) is 24.5 Å². The molecule has 1 unspecified atom stereocenters. The van der Waals surface area contributed by atoms with Crippen molar-refractivity contribution in [3.8, 4) is 0 Å². The second kappa shape index (κ2) is 6.72. The van der Waals surface area contributed by atoms with E-state index in [4.69, 9.17) is 0 Å². The van der Waals surface area contributed by atoms with E-state index in [1.165, 1.54) is 70.5 Å². The minimum Gasteiger partial charge on any atom is -0.303 e. The molecule has 112 valence electrons. The highest BCUT2D eigenvalue weighted by Gasteiger charge is 2.28. The van der Waals surface area contributed by atoms with E-state index in [-0.39, 0.29) is 0 Å². The van der Waals surface area contributed by atoms with E-state index in [1.54, 1.807) is 0 Å². The zero-order chi connectivity index (χ0) is 13.8. The molecule has 2 fully saturated rings. The van der Waals surface area contributed by atoms with E-state index in [0.29, 0.717) is 0 Å². The van der Waals surface area contributed by atoms with Gasteiger partial charge in [0.25, 0.3) is 0 Å². The first-order valence-corrected chi connectivity index (χ1v) is 8.30. The minimum absolute atomic E-state index is 0.813. The Bertz CT molecular complexity index is 381. The number of rotatable bonds is 4. The van der Waals surface area contributed by atoms with Crippen molar-refractivity contribution in [1.29, 1.82) is 0 Å². The van der Waals surface area contributed by atoms with Crippen LogP contribution in [0.4, 0.5) is 0 Å². The summed E-state index contributed by atoms with van der Waals surface area (Å²) >= 11 is 0. The molecule has 4 nitrogen and oxygen atoms in total. The third-order valence-corrected chi connectivity index (χ3v) is 5.14. The summed E-state index contributed by atoms with van der Waals surface area (Å²) in [5.41, 5.74) is 1.30. The van der Waals surface area contributed by atoms with Crippen molar-refractivity contribution >= 4 is 0 Å². The Balaban J connectivity index is 1.50. The Morgan fingerprint density at radius 3 is 2.80 bits per heavy atom. The fraction of sp³-hybridized carbons (Fsp3) is 0.812. The van der Waals surface area contributed by atoms with Gasteiger partial charge in [-0.1, -0.05) is 6.92 Å². The number of nitrogens with zero attached hydrogens (tertiary/aromatic N) is 3. The highest BCUT2D eigenvalue weighted by Crippen LogP contribution is 2.25. The Hall–Kier alpha value is -0.870. The third-order valence-electron chi connectivity index (χ3n) is 5.14. The lowest BCUT2D eigenvalue weighted by Crippen LogP contribution is -2.48. The van der Waals surface area contributed by atoms with Crippen molar-refractivity contribution in [2.24, 2.45) is 5.92 Å². The van der Waals surface area contributed by atoms with Gasteiger partial charge in [0.2, 0.25) is 0 Å². The first-order chi connectivity index (χ1) is 9.85. The maximum Gasteiger partial charge on any atom is 0.0490 e. The van der Waals surface area contributed by atoms with Gasteiger partial charge < -0.3 is 9.80 Å². The Kier molecular flexibility index (Phi) is 4.73. The molecule has 0 aromatic carbocycles. The van der Waals surface area contributed by atoms with Gasteiger partial charge in [-0.15, -0.1) is 0 Å². The van der Waals surface area contributed by atoms with Crippen molar-refractivity contribution in [2.45, 2.75) is 45.1 Å². The van der Waals surface area contributed by atoms with Gasteiger partial charge in [0.05, 0.1) is 0 Å². The van der Waals surface area contributed by atoms with E-state index in [2.05, 4.69) is 33.0 Å². The largest absolute Gasteiger partial charge is 0.303 e. The first-order valence-electron chi connectivity index (χ1n) is 8.30. The van der Waals surface area contributed by atoms with E-state index in [1.807, 2.05) is 6.20 Å². The fourth-order valence-electron chi connectivity index (χ4n) is 3.91. The summed E-state index contributed by atoms with van der Waals surface area (Å²) in [6.45, 7) is 8.69. The molecule has 3 heterocycles. The van der Waals surface area contributed by atoms with Gasteiger partial charge in [-0.3, -0.25) is 5.10 Å². The summed E-state index contributed by atoms with van der Waals surface area (Å²) in [4.78, 5) is 5.36. The number of hydrogen-bond acceptors (Lipinski definition) is 3. The summed E-state index contributed by atoms with van der Waals surface area (Å²) in [7, 11) is 0. The zero-order valence-electron chi connectivity index (χ0n) is 12.7. The summed E-state index contributed by atoms with van der Waals surface area (Å²) in [5.74, 6) is 0.813. The summed E-state index contributed by atoms with van der Waals surface area (Å²) in [6, 6.07) is 2.96. The lowest BCUT2D eigenvalue weighted by molar-refractivity contribution is 0.0729. The molecular weight excluding hydrogens is 248 g/mol. The molecule has 3 rings (SSSR count). The number of aromatic amines is 1. The van der Waals surface area contributed by atoms with Gasteiger partial charge in [-0.05, 0) is 70.3 Å². The van der Waals surface area contributed by atoms with Gasteiger partial charge in [-0.25, -0.2) is 0 Å². The van der Waals surface area contributed by atoms with Crippen LogP contribution in [0, 0.1) is 5.92 Å². The third kappa shape index (κ3) is 3.41. The SMILES string of the molecule is CCN1CCC(N2CCCC(Cc3ccn[nH]3)C2)CC1. The summed E-state index contributed by atoms with van der Waals surface area (Å²) in [6.07, 6.45) is 8.52. The van der Waals surface area contributed by atoms with E-state index in [0.717, 1.165) is 12.0 Å². The highest BCUT2D eigenvalue weighted by atomic mass is 15.2. The maximum absolute atomic E-state index is 4.07. The van der Waals surface area contributed by atoms with Crippen molar-refractivity contribution in [1.82, 2.24) is 20.0 Å². The average molecular weight is 276 g/mol. The van der Waals surface area contributed by atoms with E-state index in [9.17, 15) is 0 Å². The smallest absolute Gasteiger partial charge is 0.0490 e. The molecule has 0 spiro atoms. The number of aromatic nitrogens is 2. The molecule has 2 saturated heterocycles. The molecule has 2 aliphatic rings. The van der Waals surface area contributed by atoms with Crippen molar-refractivity contribution in [2.75, 3.05) is 32.7 Å². The molecule has 0 radical (unpaired) electrons. The highest BCUT2D eigenvalue weighted by molar-refractivity contribution is 5.00. The normalized spacial score (nSPS) is 26.9. The van der Waals surface area contributed by atoms with Crippen LogP contribution < -0.4 is 0 Å². The van der Waals surface area contributed by atoms with Crippen LogP contribution in [0.2, 0.25) is 0 Å². The van der Waals surface area contributed by atoms with Crippen LogP contribution in [0.25, 0.3) is 0 Å². The van der Waals surface area contributed by atoms with Gasteiger partial charge in [0.15, 0.2) is 0 Å². The Morgan fingerprint density at radius 2 is 2.10 bits per heavy atom. The monoisotopic (exact) mass is 276 g/mol. The second-order valence-electron chi connectivity index (χ2n) is 6.45. The Labute approximate surface area is 122 Å². The second-order valence-corrected chi connectivity index (χ2v) is 6.45. The molecule has 20 heavy (non-hydrogen) atoms. The van der Waals surface area contributed by atoms with Gasteiger partial charge in [-0.2, -0.15) is 5.10 Å². The number of H-pyrrole nitrogens is 1. The number of nitrogens with one attached hydrogen (secondary N) is 1. The standard InChI is InChI=1S/C16H28N4/c1-2-19-10-6-16(7-11-19)20-9-3-4-14(13-20)12-15-5-8-17-18-15/h5,8,14,16H,2-4,6-7,9-13H2,1H3,(H,17,18). The zero-order valence-corrected chi connectivity index (χ0v) is 12.7. The number of piperidine rings is 2. The summed E-state index contributed by atoms with van der Waals surface area (Å²) < 4.78 is 0. The molecule has 1 atom stereocenters. The van der Waals surface area contributed by atoms with Gasteiger partial charge in [0.1, 0.15) is 0 Å². The molecular formula is C16H28N4. The predicted molar refractivity (Wildman–Crippen MR) is 81.7 cm³/mol. The molecule has 0 amide bonds. The lowest BCUT2D eigenvalue weighted by atomic mass is 9.91. The first kappa shape index (κ1) is 14.1. The lowest BCUT2D eigenvalue weighted by Gasteiger charge is -2.42. The molecule has 4 heteroatoms. The number of likely N-dealkylation sites (tertiary alicyclic amines) is 2. The average Bonchev–Trinajstić information content (AvgIpc) is 3.01. The van der Waals surface area contributed by atoms with Crippen LogP contribution >= 0.6 is 0 Å². The fourth-order valence-corrected chi connectivity index (χ4v) is 3.91. The molecule has 1 N–H and O–H groups in total. The van der Waals surface area contributed by atoms with Crippen LogP contribution in [0.15, 0.2) is 12.3 Å². The molecule has 0 saturated carbocycles. The van der Waals surface area contributed by atoms with Crippen LogP contribution in [-0.4, -0.2) is 58.8 Å². The van der Waals surface area contributed by atoms with Crippen molar-refractivity contribution in [3.05, 3.63) is 18.0 Å². The van der Waals surface area contributed by atoms with Gasteiger partial charge >= 0.3 is 0 Å². The van der Waals surface area contributed by atoms with Crippen LogP contribution in [0.3, 0.4) is 0 Å². The van der Waals surface area contributed by atoms with Crippen LogP contribution in [0.5, 0.6) is 0 Å². The predicted octanol–water partition coefficient (Wildman–Crippen LogP) is 2.15.